The van der Waals surface area contributed by atoms with E-state index < -0.39 is 18.4 Å². The molecule has 2 aliphatic rings. The number of likely N-dealkylation sites (tertiary alicyclic amines) is 2. The second-order valence-electron chi connectivity index (χ2n) is 13.5. The van der Waals surface area contributed by atoms with Crippen molar-refractivity contribution in [2.45, 2.75) is 124 Å². The molecule has 6 atom stereocenters. The summed E-state index contributed by atoms with van der Waals surface area (Å²) in [5, 5.41) is 0. The van der Waals surface area contributed by atoms with Gasteiger partial charge in [-0.3, -0.25) is 4.79 Å². The summed E-state index contributed by atoms with van der Waals surface area (Å²) in [7, 11) is 7.67. The zero-order valence-electron chi connectivity index (χ0n) is 30.6. The number of carbonyl (C=O) groups is 2. The summed E-state index contributed by atoms with van der Waals surface area (Å²) in [6, 6.07) is 0. The summed E-state index contributed by atoms with van der Waals surface area (Å²) in [6.45, 7) is 13.6. The van der Waals surface area contributed by atoms with E-state index in [1.807, 2.05) is 24.3 Å². The summed E-state index contributed by atoms with van der Waals surface area (Å²) < 4.78 is 31.6. The number of piperidine rings is 2. The normalized spacial score (nSPS) is 24.4. The molecule has 0 radical (unpaired) electrons. The maximum Gasteiger partial charge on any atom is 0.302 e. The van der Waals surface area contributed by atoms with E-state index in [1.54, 1.807) is 7.11 Å². The fourth-order valence-corrected chi connectivity index (χ4v) is 21.7. The second-order valence-corrected chi connectivity index (χ2v) is 27.2. The maximum atomic E-state index is 11.7. The van der Waals surface area contributed by atoms with Gasteiger partial charge in [0, 0.05) is 26.5 Å². The number of hydrogen-bond acceptors (Lipinski definition) is 8. The number of nitrogens with zero attached hydrogens (tertiary/aromatic N) is 2. The predicted octanol–water partition coefficient (Wildman–Crippen LogP) is 7.66. The van der Waals surface area contributed by atoms with Gasteiger partial charge in [0.2, 0.25) is 0 Å². The predicted molar refractivity (Wildman–Crippen MR) is 201 cm³/mol. The largest absolute Gasteiger partial charge is 0.461 e. The van der Waals surface area contributed by atoms with Crippen molar-refractivity contribution in [1.29, 1.82) is 0 Å². The molecule has 0 saturated carbocycles. The molecule has 2 rings (SSSR count). The molecule has 2 aliphatic heterocycles. The number of rotatable bonds is 18. The van der Waals surface area contributed by atoms with E-state index in [0.29, 0.717) is 0 Å². The van der Waals surface area contributed by atoms with Gasteiger partial charge < -0.3 is 14.4 Å². The zero-order valence-corrected chi connectivity index (χ0v) is 35.6. The average Bonchev–Trinajstić information content (AvgIpc) is 3.01. The van der Waals surface area contributed by atoms with E-state index in [1.165, 1.54) is 65.7 Å². The van der Waals surface area contributed by atoms with Gasteiger partial charge in [0.05, 0.1) is 6.10 Å². The van der Waals surface area contributed by atoms with Crippen LogP contribution in [0.2, 0.25) is 13.3 Å². The van der Waals surface area contributed by atoms with Gasteiger partial charge in [-0.05, 0) is 30.2 Å². The van der Waals surface area contributed by atoms with Crippen molar-refractivity contribution >= 4 is 52.9 Å². The molecule has 0 bridgehead atoms. The Kier molecular flexibility index (Phi) is 23.7. The van der Waals surface area contributed by atoms with Crippen LogP contribution in [0.25, 0.3) is 0 Å². The van der Waals surface area contributed by atoms with Gasteiger partial charge >= 0.3 is 191 Å². The maximum absolute atomic E-state index is 11.7. The Hall–Kier alpha value is -0.211. The minimum atomic E-state index is -2.33. The Bertz CT molecular complexity index is 884. The van der Waals surface area contributed by atoms with Gasteiger partial charge in [0.25, 0.3) is 0 Å². The molecule has 0 aromatic carbocycles. The summed E-state index contributed by atoms with van der Waals surface area (Å²) in [5.74, 6) is 0.0927. The number of unbranched alkanes of at least 4 members (excludes halogenated alkanes) is 3. The number of likely N-dealkylation sites (N-methyl/N-ethyl adjacent to an activating group) is 2. The average molecular weight is 870 g/mol. The molecule has 2 fully saturated rings. The third-order valence-corrected chi connectivity index (χ3v) is 24.2. The van der Waals surface area contributed by atoms with Crippen LogP contribution in [0.15, 0.2) is 20.3 Å². The minimum absolute atomic E-state index is 0.0185. The Morgan fingerprint density at radius 3 is 1.48 bits per heavy atom. The van der Waals surface area contributed by atoms with E-state index in [9.17, 15) is 9.59 Å². The fourth-order valence-electron chi connectivity index (χ4n) is 6.98. The van der Waals surface area contributed by atoms with Crippen LogP contribution in [0.3, 0.4) is 0 Å². The number of ether oxygens (including phenoxy) is 4. The number of halogens is 1. The molecule has 2 heterocycles. The van der Waals surface area contributed by atoms with E-state index in [4.69, 9.17) is 18.9 Å². The van der Waals surface area contributed by atoms with Crippen LogP contribution in [-0.2, 0) is 28.5 Å². The van der Waals surface area contributed by atoms with E-state index in [0.717, 1.165) is 39.0 Å². The van der Waals surface area contributed by atoms with Gasteiger partial charge in [-0.25, -0.2) is 0 Å². The van der Waals surface area contributed by atoms with Gasteiger partial charge in [-0.1, -0.05) is 22.6 Å². The van der Waals surface area contributed by atoms with Crippen LogP contribution >= 0.6 is 22.6 Å². The summed E-state index contributed by atoms with van der Waals surface area (Å²) >= 11 is -0.151. The Morgan fingerprint density at radius 2 is 1.15 bits per heavy atom. The molecule has 0 aromatic heterocycles. The molecule has 0 amide bonds. The molecule has 8 nitrogen and oxygen atoms in total. The van der Waals surface area contributed by atoms with Crippen LogP contribution in [0.5, 0.6) is 0 Å². The molecule has 0 N–H and O–H groups in total. The molecule has 2 saturated heterocycles. The first-order valence-electron chi connectivity index (χ1n) is 17.7. The first kappa shape index (κ1) is 43.8. The van der Waals surface area contributed by atoms with Gasteiger partial charge in [0.15, 0.2) is 0 Å². The van der Waals surface area contributed by atoms with Crippen molar-refractivity contribution in [2.24, 2.45) is 11.8 Å². The number of esters is 2. The molecular weight excluding hydrogens is 802 g/mol. The van der Waals surface area contributed by atoms with Gasteiger partial charge in [0.1, 0.15) is 6.10 Å². The van der Waals surface area contributed by atoms with E-state index in [2.05, 4.69) is 70.4 Å². The number of methoxy groups -OCH3 is 2. The second kappa shape index (κ2) is 24.8. The van der Waals surface area contributed by atoms with Crippen molar-refractivity contribution in [3.63, 3.8) is 0 Å². The summed E-state index contributed by atoms with van der Waals surface area (Å²) in [6.07, 6.45) is 14.3. The topological polar surface area (TPSA) is 77.5 Å². The van der Waals surface area contributed by atoms with Gasteiger partial charge in [-0.15, -0.1) is 0 Å². The molecule has 0 spiro atoms. The molecule has 10 heteroatoms. The minimum Gasteiger partial charge on any atom is -0.461 e. The summed E-state index contributed by atoms with van der Waals surface area (Å²) in [4.78, 5) is 27.2. The van der Waals surface area contributed by atoms with E-state index in [-0.39, 0.29) is 48.2 Å². The van der Waals surface area contributed by atoms with Crippen LogP contribution < -0.4 is 0 Å². The van der Waals surface area contributed by atoms with Crippen LogP contribution in [0.1, 0.15) is 86.0 Å². The van der Waals surface area contributed by atoms with Crippen molar-refractivity contribution < 1.29 is 28.5 Å². The van der Waals surface area contributed by atoms with Crippen LogP contribution in [0.4, 0.5) is 0 Å². The van der Waals surface area contributed by atoms with E-state index >= 15 is 0 Å². The first-order chi connectivity index (χ1) is 22.0. The van der Waals surface area contributed by atoms with Gasteiger partial charge in [-0.2, -0.15) is 0 Å². The van der Waals surface area contributed by atoms with Crippen LogP contribution in [-0.4, -0.2) is 119 Å². The summed E-state index contributed by atoms with van der Waals surface area (Å²) in [5.41, 5.74) is 0. The van der Waals surface area contributed by atoms with Crippen LogP contribution in [0, 0.1) is 11.8 Å². The Morgan fingerprint density at radius 1 is 0.761 bits per heavy atom. The van der Waals surface area contributed by atoms with Crippen molar-refractivity contribution in [3.05, 3.63) is 20.3 Å². The van der Waals surface area contributed by atoms with Crippen molar-refractivity contribution in [2.75, 3.05) is 54.5 Å². The third-order valence-electron chi connectivity index (χ3n) is 9.64. The SMILES string of the molecule is CCC[CH2][Sn](/[CH]=C/C(OC)C1CCN(C)CC1OC(C)=O)([CH2]CCC)[CH2]CCC.COC(/C=C/I)C1CCN(C)CC1OC(C)=O. The first-order valence-corrected chi connectivity index (χ1v) is 26.7. The molecule has 0 aromatic rings. The molecule has 268 valence electrons. The standard InChI is InChI=1S/C12H20INO3.C12H20NO3.3C4H9.Sn/c1-9(15)17-12-8-14(2)7-5-10(12)11(16-3)4-6-13;1-5-11(15-4)10-6-7-13(3)8-12(10)16-9(2)14;3*1-3-4-2;/h4,6,10-12H,5,7-8H2,1-3H3;1,5,10-12H,6-8H2,2-4H3;3*1,3-4H2,2H3;/b6-4+;;;;;. The molecule has 46 heavy (non-hydrogen) atoms. The number of carbonyl (C=O) groups excluding carboxylic acids is 2. The Labute approximate surface area is 299 Å². The fraction of sp³-hybridized carbons (Fsp3) is 0.833. The molecular formula is C36H67IN2O6Sn. The number of hydrogen-bond donors (Lipinski definition) is 0. The third kappa shape index (κ3) is 16.5. The quantitative estimate of drug-likeness (QED) is 0.0791. The smallest absolute Gasteiger partial charge is 0.302 e. The molecule has 0 aliphatic carbocycles. The zero-order chi connectivity index (χ0) is 34.5. The van der Waals surface area contributed by atoms with Crippen molar-refractivity contribution in [3.8, 4) is 0 Å². The monoisotopic (exact) mass is 870 g/mol. The molecule has 6 unspecified atom stereocenters. The van der Waals surface area contributed by atoms with Crippen molar-refractivity contribution in [1.82, 2.24) is 9.80 Å². The Balaban J connectivity index is 0.000000527.